The fourth-order valence-corrected chi connectivity index (χ4v) is 1.64. The van der Waals surface area contributed by atoms with E-state index in [-0.39, 0.29) is 6.29 Å². The highest BCUT2D eigenvalue weighted by atomic mass is 15.4. The standard InChI is InChI=1S/C9H16N4/c1-12-5-7-13(8-6-12)9-10-3-2-4-11-9/h3-4,9H,2,5-8H2,1H3. The Hall–Kier alpha value is -0.740. The number of rotatable bonds is 1. The molecule has 0 radical (unpaired) electrons. The van der Waals surface area contributed by atoms with Crippen LogP contribution in [0.4, 0.5) is 0 Å². The van der Waals surface area contributed by atoms with Gasteiger partial charge in [0, 0.05) is 45.0 Å². The molecule has 0 spiro atoms. The van der Waals surface area contributed by atoms with E-state index in [0.717, 1.165) is 32.6 Å². The van der Waals surface area contributed by atoms with Gasteiger partial charge in [-0.3, -0.25) is 14.9 Å². The van der Waals surface area contributed by atoms with Crippen LogP contribution in [0.2, 0.25) is 0 Å². The molecule has 0 unspecified atom stereocenters. The zero-order valence-electron chi connectivity index (χ0n) is 8.06. The van der Waals surface area contributed by atoms with Crippen LogP contribution in [0.5, 0.6) is 0 Å². The van der Waals surface area contributed by atoms with Crippen molar-refractivity contribution >= 4 is 12.4 Å². The Morgan fingerprint density at radius 1 is 1.08 bits per heavy atom. The summed E-state index contributed by atoms with van der Waals surface area (Å²) in [5, 5.41) is 0. The average molecular weight is 180 g/mol. The molecule has 0 atom stereocenters. The van der Waals surface area contributed by atoms with Gasteiger partial charge in [-0.25, -0.2) is 0 Å². The van der Waals surface area contributed by atoms with Gasteiger partial charge in [-0.05, 0) is 7.05 Å². The van der Waals surface area contributed by atoms with Crippen molar-refractivity contribution in [3.05, 3.63) is 0 Å². The predicted molar refractivity (Wildman–Crippen MR) is 54.5 cm³/mol. The molecule has 72 valence electrons. The second kappa shape index (κ2) is 3.98. The fourth-order valence-electron chi connectivity index (χ4n) is 1.64. The minimum absolute atomic E-state index is 0.0717. The first-order valence-electron chi connectivity index (χ1n) is 4.82. The van der Waals surface area contributed by atoms with Crippen molar-refractivity contribution in [1.82, 2.24) is 9.80 Å². The monoisotopic (exact) mass is 180 g/mol. The maximum atomic E-state index is 4.36. The molecule has 2 rings (SSSR count). The van der Waals surface area contributed by atoms with Crippen LogP contribution >= 0.6 is 0 Å². The van der Waals surface area contributed by atoms with E-state index in [0.29, 0.717) is 0 Å². The van der Waals surface area contributed by atoms with Gasteiger partial charge >= 0.3 is 0 Å². The van der Waals surface area contributed by atoms with Gasteiger partial charge in [0.2, 0.25) is 0 Å². The Kier molecular flexibility index (Phi) is 2.71. The van der Waals surface area contributed by atoms with Crippen LogP contribution in [0.25, 0.3) is 0 Å². The number of hydrogen-bond acceptors (Lipinski definition) is 4. The third kappa shape index (κ3) is 2.14. The van der Waals surface area contributed by atoms with E-state index in [9.17, 15) is 0 Å². The summed E-state index contributed by atoms with van der Waals surface area (Å²) < 4.78 is 0. The molecule has 2 aliphatic heterocycles. The summed E-state index contributed by atoms with van der Waals surface area (Å²) in [5.41, 5.74) is 0. The highest BCUT2D eigenvalue weighted by Crippen LogP contribution is 2.08. The second-order valence-corrected chi connectivity index (χ2v) is 3.58. The summed E-state index contributed by atoms with van der Waals surface area (Å²) in [6.45, 7) is 4.41. The van der Waals surface area contributed by atoms with Crippen molar-refractivity contribution in [2.45, 2.75) is 12.7 Å². The first-order valence-corrected chi connectivity index (χ1v) is 4.82. The van der Waals surface area contributed by atoms with Crippen molar-refractivity contribution < 1.29 is 0 Å². The molecule has 0 amide bonds. The van der Waals surface area contributed by atoms with E-state index >= 15 is 0 Å². The van der Waals surface area contributed by atoms with E-state index < -0.39 is 0 Å². The van der Waals surface area contributed by atoms with Crippen molar-refractivity contribution in [3.8, 4) is 0 Å². The van der Waals surface area contributed by atoms with Crippen molar-refractivity contribution in [2.75, 3.05) is 33.2 Å². The summed E-state index contributed by atoms with van der Waals surface area (Å²) in [6, 6.07) is 0. The molecule has 1 saturated heterocycles. The number of aliphatic imine (C=N–C) groups is 2. The average Bonchev–Trinajstić information content (AvgIpc) is 2.20. The number of likely N-dealkylation sites (N-methyl/N-ethyl adjacent to an activating group) is 1. The van der Waals surface area contributed by atoms with E-state index in [1.54, 1.807) is 0 Å². The molecule has 0 aromatic rings. The van der Waals surface area contributed by atoms with Gasteiger partial charge in [-0.2, -0.15) is 0 Å². The van der Waals surface area contributed by atoms with Gasteiger partial charge in [0.15, 0.2) is 6.29 Å². The van der Waals surface area contributed by atoms with Gasteiger partial charge in [0.1, 0.15) is 0 Å². The molecule has 4 heteroatoms. The van der Waals surface area contributed by atoms with E-state index in [4.69, 9.17) is 0 Å². The van der Waals surface area contributed by atoms with Crippen molar-refractivity contribution in [2.24, 2.45) is 9.98 Å². The molecule has 0 aliphatic carbocycles. The molecule has 0 saturated carbocycles. The number of nitrogens with zero attached hydrogens (tertiary/aromatic N) is 4. The van der Waals surface area contributed by atoms with Crippen molar-refractivity contribution in [1.29, 1.82) is 0 Å². The maximum Gasteiger partial charge on any atom is 0.195 e. The van der Waals surface area contributed by atoms with Gasteiger partial charge < -0.3 is 4.90 Å². The minimum atomic E-state index is 0.0717. The topological polar surface area (TPSA) is 31.2 Å². The molecule has 1 fully saturated rings. The summed E-state index contributed by atoms with van der Waals surface area (Å²) in [7, 11) is 2.16. The van der Waals surface area contributed by atoms with Crippen LogP contribution in [0, 0.1) is 0 Å². The molecule has 4 nitrogen and oxygen atoms in total. The Morgan fingerprint density at radius 3 is 2.31 bits per heavy atom. The Labute approximate surface area is 79.0 Å². The lowest BCUT2D eigenvalue weighted by Crippen LogP contribution is -2.48. The second-order valence-electron chi connectivity index (χ2n) is 3.58. The summed E-state index contributed by atoms with van der Waals surface area (Å²) in [4.78, 5) is 13.4. The third-order valence-electron chi connectivity index (χ3n) is 2.55. The largest absolute Gasteiger partial charge is 0.304 e. The van der Waals surface area contributed by atoms with Crippen LogP contribution in [-0.4, -0.2) is 61.7 Å². The molecule has 0 N–H and O–H groups in total. The molecule has 0 aromatic heterocycles. The normalized spacial score (nSPS) is 26.8. The van der Waals surface area contributed by atoms with Crippen LogP contribution in [0.1, 0.15) is 6.42 Å². The quantitative estimate of drug-likeness (QED) is 0.571. The Balaban J connectivity index is 1.90. The highest BCUT2D eigenvalue weighted by Gasteiger charge is 2.20. The summed E-state index contributed by atoms with van der Waals surface area (Å²) in [6.07, 6.45) is 4.87. The lowest BCUT2D eigenvalue weighted by Gasteiger charge is -2.34. The zero-order chi connectivity index (χ0) is 9.10. The molecular formula is C9H16N4. The van der Waals surface area contributed by atoms with Crippen LogP contribution in [0.15, 0.2) is 9.98 Å². The van der Waals surface area contributed by atoms with E-state index in [2.05, 4.69) is 26.8 Å². The number of hydrogen-bond donors (Lipinski definition) is 0. The summed E-state index contributed by atoms with van der Waals surface area (Å²) >= 11 is 0. The first kappa shape index (κ1) is 8.84. The van der Waals surface area contributed by atoms with E-state index in [1.165, 1.54) is 0 Å². The molecule has 2 aliphatic rings. The Morgan fingerprint density at radius 2 is 1.69 bits per heavy atom. The lowest BCUT2D eigenvalue weighted by molar-refractivity contribution is 0.118. The SMILES string of the molecule is CN1CCN(C2N=CCC=N2)CC1. The van der Waals surface area contributed by atoms with E-state index in [1.807, 2.05) is 12.4 Å². The smallest absolute Gasteiger partial charge is 0.195 e. The minimum Gasteiger partial charge on any atom is -0.304 e. The third-order valence-corrected chi connectivity index (χ3v) is 2.55. The molecule has 13 heavy (non-hydrogen) atoms. The lowest BCUT2D eigenvalue weighted by atomic mass is 10.3. The Bertz CT molecular complexity index is 204. The zero-order valence-corrected chi connectivity index (χ0v) is 8.06. The molecular weight excluding hydrogens is 164 g/mol. The molecule has 0 bridgehead atoms. The molecule has 0 aromatic carbocycles. The maximum absolute atomic E-state index is 4.36. The highest BCUT2D eigenvalue weighted by molar-refractivity contribution is 5.80. The van der Waals surface area contributed by atoms with Gasteiger partial charge in [-0.1, -0.05) is 0 Å². The van der Waals surface area contributed by atoms with Gasteiger partial charge in [0.05, 0.1) is 0 Å². The fraction of sp³-hybridized carbons (Fsp3) is 0.778. The molecule has 2 heterocycles. The van der Waals surface area contributed by atoms with Crippen molar-refractivity contribution in [3.63, 3.8) is 0 Å². The number of piperazine rings is 1. The van der Waals surface area contributed by atoms with Crippen LogP contribution in [0.3, 0.4) is 0 Å². The first-order chi connectivity index (χ1) is 6.36. The van der Waals surface area contributed by atoms with Crippen LogP contribution in [-0.2, 0) is 0 Å². The van der Waals surface area contributed by atoms with Crippen LogP contribution < -0.4 is 0 Å². The van der Waals surface area contributed by atoms with Gasteiger partial charge in [0.25, 0.3) is 0 Å². The summed E-state index contributed by atoms with van der Waals surface area (Å²) in [5.74, 6) is 0. The predicted octanol–water partition coefficient (Wildman–Crippen LogP) is 0.0627. The van der Waals surface area contributed by atoms with Gasteiger partial charge in [-0.15, -0.1) is 0 Å².